The summed E-state index contributed by atoms with van der Waals surface area (Å²) in [6, 6.07) is 10.7. The molecule has 1 unspecified atom stereocenters. The molecule has 62 valence electrons. The van der Waals surface area contributed by atoms with Crippen molar-refractivity contribution in [1.29, 1.82) is 0 Å². The van der Waals surface area contributed by atoms with E-state index >= 15 is 0 Å². The van der Waals surface area contributed by atoms with Crippen LogP contribution in [0.3, 0.4) is 0 Å². The number of nitrogens with one attached hydrogen (secondary N) is 1. The molecule has 0 aliphatic carbocycles. The van der Waals surface area contributed by atoms with Crippen LogP contribution in [0.4, 0.5) is 0 Å². The average molecular weight is 159 g/mol. The van der Waals surface area contributed by atoms with Gasteiger partial charge in [0.2, 0.25) is 0 Å². The third-order valence-electron chi connectivity index (χ3n) is 2.27. The summed E-state index contributed by atoms with van der Waals surface area (Å²) in [5, 5.41) is 3.20. The number of benzene rings is 1. The van der Waals surface area contributed by atoms with Crippen LogP contribution in [0.1, 0.15) is 17.9 Å². The van der Waals surface area contributed by atoms with Crippen LogP contribution in [-0.2, 0) is 0 Å². The van der Waals surface area contributed by atoms with Gasteiger partial charge in [-0.05, 0) is 18.2 Å². The maximum absolute atomic E-state index is 3.20. The van der Waals surface area contributed by atoms with Crippen LogP contribution in [0.5, 0.6) is 0 Å². The van der Waals surface area contributed by atoms with E-state index in [4.69, 9.17) is 0 Å². The molecule has 0 saturated carbocycles. The largest absolute Gasteiger partial charge is 0.391 e. The molecule has 0 saturated heterocycles. The number of hydrogen-bond acceptors (Lipinski definition) is 1. The Kier molecular flexibility index (Phi) is 2.12. The van der Waals surface area contributed by atoms with Crippen LogP contribution < -0.4 is 5.32 Å². The van der Waals surface area contributed by atoms with Crippen LogP contribution in [0.2, 0.25) is 0 Å². The van der Waals surface area contributed by atoms with Crippen LogP contribution in [0.15, 0.2) is 42.6 Å². The Balaban J connectivity index is 2.19. The molecule has 1 heteroatoms. The first-order valence-corrected chi connectivity index (χ1v) is 4.42. The Bertz CT molecular complexity index is 264. The maximum atomic E-state index is 3.20. The standard InChI is InChI=1S/C11H13N/c1-2-4-10(5-3-1)11-6-8-12-9-7-11/h1-6,8,11-12H,7,9H2. The Morgan fingerprint density at radius 1 is 1.17 bits per heavy atom. The fourth-order valence-electron chi connectivity index (χ4n) is 1.58. The second-order valence-corrected chi connectivity index (χ2v) is 3.12. The maximum Gasteiger partial charge on any atom is 0.0150 e. The molecule has 1 nitrogen and oxygen atoms in total. The second kappa shape index (κ2) is 3.44. The van der Waals surface area contributed by atoms with Crippen molar-refractivity contribution in [1.82, 2.24) is 5.32 Å². The molecule has 1 aromatic carbocycles. The van der Waals surface area contributed by atoms with Crippen molar-refractivity contribution in [3.05, 3.63) is 48.2 Å². The fraction of sp³-hybridized carbons (Fsp3) is 0.273. The first-order chi connectivity index (χ1) is 5.97. The van der Waals surface area contributed by atoms with Crippen molar-refractivity contribution in [2.24, 2.45) is 0 Å². The minimum atomic E-state index is 0.618. The van der Waals surface area contributed by atoms with Gasteiger partial charge in [-0.3, -0.25) is 0 Å². The summed E-state index contributed by atoms with van der Waals surface area (Å²) in [7, 11) is 0. The van der Waals surface area contributed by atoms with Crippen molar-refractivity contribution >= 4 is 0 Å². The minimum Gasteiger partial charge on any atom is -0.391 e. The molecule has 0 spiro atoms. The minimum absolute atomic E-state index is 0.618. The van der Waals surface area contributed by atoms with Crippen molar-refractivity contribution in [2.45, 2.75) is 12.3 Å². The summed E-state index contributed by atoms with van der Waals surface area (Å²) in [4.78, 5) is 0. The molecule has 1 aliphatic rings. The first kappa shape index (κ1) is 7.41. The third kappa shape index (κ3) is 1.50. The monoisotopic (exact) mass is 159 g/mol. The van der Waals surface area contributed by atoms with Crippen molar-refractivity contribution < 1.29 is 0 Å². The molecular weight excluding hydrogens is 146 g/mol. The predicted molar refractivity (Wildman–Crippen MR) is 50.9 cm³/mol. The molecule has 0 bridgehead atoms. The number of allylic oxidation sites excluding steroid dienone is 1. The molecule has 0 radical (unpaired) electrons. The number of hydrogen-bond donors (Lipinski definition) is 1. The molecule has 1 aliphatic heterocycles. The highest BCUT2D eigenvalue weighted by atomic mass is 14.8. The van der Waals surface area contributed by atoms with Gasteiger partial charge in [0.25, 0.3) is 0 Å². The second-order valence-electron chi connectivity index (χ2n) is 3.12. The van der Waals surface area contributed by atoms with Gasteiger partial charge in [-0.15, -0.1) is 0 Å². The van der Waals surface area contributed by atoms with Crippen molar-refractivity contribution in [3.8, 4) is 0 Å². The van der Waals surface area contributed by atoms with E-state index < -0.39 is 0 Å². The summed E-state index contributed by atoms with van der Waals surface area (Å²) >= 11 is 0. The normalized spacial score (nSPS) is 21.8. The zero-order valence-electron chi connectivity index (χ0n) is 7.03. The van der Waals surface area contributed by atoms with E-state index in [0.717, 1.165) is 6.54 Å². The Labute approximate surface area is 73.1 Å². The lowest BCUT2D eigenvalue weighted by Crippen LogP contribution is -2.15. The summed E-state index contributed by atoms with van der Waals surface area (Å²) in [5.74, 6) is 0.618. The van der Waals surface area contributed by atoms with Gasteiger partial charge in [0, 0.05) is 12.5 Å². The topological polar surface area (TPSA) is 12.0 Å². The first-order valence-electron chi connectivity index (χ1n) is 4.42. The number of rotatable bonds is 1. The Morgan fingerprint density at radius 2 is 2.00 bits per heavy atom. The van der Waals surface area contributed by atoms with Crippen molar-refractivity contribution in [3.63, 3.8) is 0 Å². The van der Waals surface area contributed by atoms with Crippen LogP contribution in [-0.4, -0.2) is 6.54 Å². The van der Waals surface area contributed by atoms with E-state index in [1.165, 1.54) is 12.0 Å². The molecule has 1 heterocycles. The van der Waals surface area contributed by atoms with E-state index in [0.29, 0.717) is 5.92 Å². The predicted octanol–water partition coefficient (Wildman–Crippen LogP) is 2.28. The highest BCUT2D eigenvalue weighted by Crippen LogP contribution is 2.21. The molecule has 12 heavy (non-hydrogen) atoms. The SMILES string of the molecule is C1=CC(c2ccccc2)CCN1. The average Bonchev–Trinajstić information content (AvgIpc) is 2.21. The zero-order chi connectivity index (χ0) is 8.23. The van der Waals surface area contributed by atoms with Gasteiger partial charge < -0.3 is 5.32 Å². The lowest BCUT2D eigenvalue weighted by atomic mass is 9.94. The van der Waals surface area contributed by atoms with Crippen LogP contribution >= 0.6 is 0 Å². The lowest BCUT2D eigenvalue weighted by Gasteiger charge is -2.17. The van der Waals surface area contributed by atoms with Gasteiger partial charge in [0.15, 0.2) is 0 Å². The molecule has 1 N–H and O–H groups in total. The highest BCUT2D eigenvalue weighted by Gasteiger charge is 2.08. The van der Waals surface area contributed by atoms with E-state index in [9.17, 15) is 0 Å². The van der Waals surface area contributed by atoms with Gasteiger partial charge in [-0.2, -0.15) is 0 Å². The van der Waals surface area contributed by atoms with Crippen LogP contribution in [0, 0.1) is 0 Å². The van der Waals surface area contributed by atoms with Gasteiger partial charge >= 0.3 is 0 Å². The van der Waals surface area contributed by atoms with E-state index in [-0.39, 0.29) is 0 Å². The van der Waals surface area contributed by atoms with E-state index in [1.54, 1.807) is 0 Å². The molecule has 0 aromatic heterocycles. The summed E-state index contributed by atoms with van der Waals surface area (Å²) in [5.41, 5.74) is 1.43. The fourth-order valence-corrected chi connectivity index (χ4v) is 1.58. The molecule has 0 amide bonds. The van der Waals surface area contributed by atoms with Gasteiger partial charge in [0.1, 0.15) is 0 Å². The van der Waals surface area contributed by atoms with Gasteiger partial charge in [-0.25, -0.2) is 0 Å². The van der Waals surface area contributed by atoms with Gasteiger partial charge in [-0.1, -0.05) is 36.4 Å². The third-order valence-corrected chi connectivity index (χ3v) is 2.27. The molecular formula is C11H13N. The summed E-state index contributed by atoms with van der Waals surface area (Å²) < 4.78 is 0. The Morgan fingerprint density at radius 3 is 2.67 bits per heavy atom. The lowest BCUT2D eigenvalue weighted by molar-refractivity contribution is 0.657. The van der Waals surface area contributed by atoms with E-state index in [2.05, 4.69) is 47.9 Å². The highest BCUT2D eigenvalue weighted by molar-refractivity contribution is 5.24. The van der Waals surface area contributed by atoms with E-state index in [1.807, 2.05) is 0 Å². The molecule has 0 fully saturated rings. The van der Waals surface area contributed by atoms with Crippen molar-refractivity contribution in [2.75, 3.05) is 6.54 Å². The molecule has 2 rings (SSSR count). The van der Waals surface area contributed by atoms with Crippen LogP contribution in [0.25, 0.3) is 0 Å². The Hall–Kier alpha value is -1.24. The van der Waals surface area contributed by atoms with Gasteiger partial charge in [0.05, 0.1) is 0 Å². The summed E-state index contributed by atoms with van der Waals surface area (Å²) in [6.45, 7) is 1.09. The smallest absolute Gasteiger partial charge is 0.0150 e. The quantitative estimate of drug-likeness (QED) is 0.663. The molecule has 1 aromatic rings. The zero-order valence-corrected chi connectivity index (χ0v) is 7.03. The summed E-state index contributed by atoms with van der Waals surface area (Å²) in [6.07, 6.45) is 5.50. The molecule has 1 atom stereocenters.